The largest absolute Gasteiger partial charge is 0.397 e. The summed E-state index contributed by atoms with van der Waals surface area (Å²) in [5.41, 5.74) is 8.97. The first-order valence-corrected chi connectivity index (χ1v) is 8.13. The second kappa shape index (κ2) is 8.03. The summed E-state index contributed by atoms with van der Waals surface area (Å²) in [6, 6.07) is 15.0. The molecule has 0 radical (unpaired) electrons. The van der Waals surface area contributed by atoms with E-state index in [9.17, 15) is 9.59 Å². The molecule has 0 aromatic heterocycles. The molecule has 3 rings (SSSR count). The number of anilines is 3. The van der Waals surface area contributed by atoms with Crippen LogP contribution in [0.1, 0.15) is 18.9 Å². The predicted molar refractivity (Wildman–Crippen MR) is 103 cm³/mol. The SMILES string of the molecule is CCc1ccccc1N1CC(C(=O)Nc2ccccc2N)CC1=O.Cl. The van der Waals surface area contributed by atoms with Crippen LogP contribution in [-0.4, -0.2) is 18.4 Å². The Labute approximate surface area is 153 Å². The van der Waals surface area contributed by atoms with Gasteiger partial charge in [0.15, 0.2) is 0 Å². The van der Waals surface area contributed by atoms with E-state index in [1.807, 2.05) is 36.4 Å². The number of nitrogens with zero attached hydrogens (tertiary/aromatic N) is 1. The molecule has 1 atom stereocenters. The Morgan fingerprint density at radius 3 is 2.60 bits per heavy atom. The van der Waals surface area contributed by atoms with E-state index in [4.69, 9.17) is 5.73 Å². The molecule has 1 unspecified atom stereocenters. The molecular weight excluding hydrogens is 338 g/mol. The number of amides is 2. The topological polar surface area (TPSA) is 75.4 Å². The fourth-order valence-corrected chi connectivity index (χ4v) is 3.03. The van der Waals surface area contributed by atoms with Crippen molar-refractivity contribution in [3.63, 3.8) is 0 Å². The third-order valence-corrected chi connectivity index (χ3v) is 4.38. The third kappa shape index (κ3) is 3.94. The number of nitrogen functional groups attached to an aromatic ring is 1. The van der Waals surface area contributed by atoms with E-state index in [-0.39, 0.29) is 36.6 Å². The smallest absolute Gasteiger partial charge is 0.229 e. The maximum Gasteiger partial charge on any atom is 0.229 e. The van der Waals surface area contributed by atoms with Crippen molar-refractivity contribution in [2.75, 3.05) is 22.5 Å². The quantitative estimate of drug-likeness (QED) is 0.823. The van der Waals surface area contributed by atoms with Crippen molar-refractivity contribution in [2.45, 2.75) is 19.8 Å². The number of halogens is 1. The molecule has 1 aliphatic heterocycles. The second-order valence-electron chi connectivity index (χ2n) is 5.96. The first-order valence-electron chi connectivity index (χ1n) is 8.13. The predicted octanol–water partition coefficient (Wildman–Crippen LogP) is 3.24. The number of carbonyl (C=O) groups excluding carboxylic acids is 2. The van der Waals surface area contributed by atoms with Crippen LogP contribution in [0.25, 0.3) is 0 Å². The number of nitrogens with two attached hydrogens (primary N) is 1. The normalized spacial score (nSPS) is 16.4. The molecule has 25 heavy (non-hydrogen) atoms. The number of rotatable bonds is 4. The number of hydrogen-bond acceptors (Lipinski definition) is 3. The Bertz CT molecular complexity index is 779. The minimum atomic E-state index is -0.373. The van der Waals surface area contributed by atoms with E-state index >= 15 is 0 Å². The van der Waals surface area contributed by atoms with Crippen LogP contribution in [0.3, 0.4) is 0 Å². The summed E-state index contributed by atoms with van der Waals surface area (Å²) in [5, 5.41) is 2.83. The molecule has 5 nitrogen and oxygen atoms in total. The zero-order valence-corrected chi connectivity index (χ0v) is 14.9. The summed E-state index contributed by atoms with van der Waals surface area (Å²) in [6.07, 6.45) is 1.06. The van der Waals surface area contributed by atoms with Crippen LogP contribution < -0.4 is 16.0 Å². The summed E-state index contributed by atoms with van der Waals surface area (Å²) in [5.74, 6) is -0.558. The molecule has 2 aromatic carbocycles. The number of benzene rings is 2. The van der Waals surface area contributed by atoms with Gasteiger partial charge in [-0.3, -0.25) is 9.59 Å². The second-order valence-corrected chi connectivity index (χ2v) is 5.96. The van der Waals surface area contributed by atoms with Crippen LogP contribution in [0.15, 0.2) is 48.5 Å². The Morgan fingerprint density at radius 1 is 1.20 bits per heavy atom. The van der Waals surface area contributed by atoms with Crippen molar-refractivity contribution in [1.82, 2.24) is 0 Å². The molecule has 0 bridgehead atoms. The monoisotopic (exact) mass is 359 g/mol. The lowest BCUT2D eigenvalue weighted by atomic mass is 10.1. The number of carbonyl (C=O) groups is 2. The van der Waals surface area contributed by atoms with E-state index in [0.29, 0.717) is 17.9 Å². The average Bonchev–Trinajstić information content (AvgIpc) is 2.98. The van der Waals surface area contributed by atoms with Crippen molar-refractivity contribution >= 4 is 41.3 Å². The van der Waals surface area contributed by atoms with Gasteiger partial charge in [-0.25, -0.2) is 0 Å². The van der Waals surface area contributed by atoms with Gasteiger partial charge in [0.25, 0.3) is 0 Å². The van der Waals surface area contributed by atoms with Gasteiger partial charge in [0, 0.05) is 18.7 Å². The Kier molecular flexibility index (Phi) is 6.04. The zero-order valence-electron chi connectivity index (χ0n) is 14.1. The van der Waals surface area contributed by atoms with Gasteiger partial charge >= 0.3 is 0 Å². The van der Waals surface area contributed by atoms with Gasteiger partial charge in [-0.1, -0.05) is 37.3 Å². The number of nitrogens with one attached hydrogen (secondary N) is 1. The minimum Gasteiger partial charge on any atom is -0.397 e. The first kappa shape index (κ1) is 18.8. The highest BCUT2D eigenvalue weighted by Gasteiger charge is 2.35. The number of hydrogen-bond donors (Lipinski definition) is 2. The van der Waals surface area contributed by atoms with E-state index < -0.39 is 0 Å². The van der Waals surface area contributed by atoms with Crippen LogP contribution in [-0.2, 0) is 16.0 Å². The van der Waals surface area contributed by atoms with E-state index in [1.54, 1.807) is 17.0 Å². The molecular formula is C19H22ClN3O2. The van der Waals surface area contributed by atoms with Crippen LogP contribution in [0.5, 0.6) is 0 Å². The van der Waals surface area contributed by atoms with Crippen molar-refractivity contribution < 1.29 is 9.59 Å². The lowest BCUT2D eigenvalue weighted by Crippen LogP contribution is -2.28. The van der Waals surface area contributed by atoms with Crippen molar-refractivity contribution in [3.8, 4) is 0 Å². The summed E-state index contributed by atoms with van der Waals surface area (Å²) >= 11 is 0. The number of para-hydroxylation sites is 3. The third-order valence-electron chi connectivity index (χ3n) is 4.38. The molecule has 0 aliphatic carbocycles. The maximum absolute atomic E-state index is 12.5. The molecule has 2 aromatic rings. The Hall–Kier alpha value is -2.53. The van der Waals surface area contributed by atoms with Crippen LogP contribution in [0, 0.1) is 5.92 Å². The lowest BCUT2D eigenvalue weighted by molar-refractivity contribution is -0.122. The van der Waals surface area contributed by atoms with Crippen LogP contribution in [0.2, 0.25) is 0 Å². The number of aryl methyl sites for hydroxylation is 1. The minimum absolute atomic E-state index is 0. The van der Waals surface area contributed by atoms with Gasteiger partial charge < -0.3 is 16.0 Å². The molecule has 2 amide bonds. The Morgan fingerprint density at radius 2 is 1.88 bits per heavy atom. The fourth-order valence-electron chi connectivity index (χ4n) is 3.03. The molecule has 3 N–H and O–H groups in total. The average molecular weight is 360 g/mol. The summed E-state index contributed by atoms with van der Waals surface area (Å²) in [6.45, 7) is 2.45. The molecule has 0 saturated carbocycles. The summed E-state index contributed by atoms with van der Waals surface area (Å²) in [7, 11) is 0. The van der Waals surface area contributed by atoms with Gasteiger partial charge in [-0.2, -0.15) is 0 Å². The zero-order chi connectivity index (χ0) is 17.1. The van der Waals surface area contributed by atoms with Gasteiger partial charge in [-0.15, -0.1) is 12.4 Å². The van der Waals surface area contributed by atoms with Crippen molar-refractivity contribution in [2.24, 2.45) is 5.92 Å². The lowest BCUT2D eigenvalue weighted by Gasteiger charge is -2.20. The Balaban J connectivity index is 0.00000225. The summed E-state index contributed by atoms with van der Waals surface area (Å²) in [4.78, 5) is 26.6. The van der Waals surface area contributed by atoms with Crippen LogP contribution in [0.4, 0.5) is 17.1 Å². The molecule has 0 spiro atoms. The molecule has 132 valence electrons. The van der Waals surface area contributed by atoms with Crippen molar-refractivity contribution in [1.29, 1.82) is 0 Å². The highest BCUT2D eigenvalue weighted by molar-refractivity contribution is 6.04. The standard InChI is InChI=1S/C19H21N3O2.ClH/c1-2-13-7-3-6-10-17(13)22-12-14(11-18(22)23)19(24)21-16-9-5-4-8-15(16)20;/h3-10,14H,2,11-12,20H2,1H3,(H,21,24);1H. The highest BCUT2D eigenvalue weighted by Crippen LogP contribution is 2.29. The summed E-state index contributed by atoms with van der Waals surface area (Å²) < 4.78 is 0. The first-order chi connectivity index (χ1) is 11.6. The fraction of sp³-hybridized carbons (Fsp3) is 0.263. The molecule has 1 fully saturated rings. The van der Waals surface area contributed by atoms with Crippen LogP contribution >= 0.6 is 12.4 Å². The van der Waals surface area contributed by atoms with Crippen molar-refractivity contribution in [3.05, 3.63) is 54.1 Å². The van der Waals surface area contributed by atoms with E-state index in [0.717, 1.165) is 17.7 Å². The van der Waals surface area contributed by atoms with E-state index in [2.05, 4.69) is 12.2 Å². The molecule has 6 heteroatoms. The van der Waals surface area contributed by atoms with Gasteiger partial charge in [0.05, 0.1) is 17.3 Å². The molecule has 1 aliphatic rings. The van der Waals surface area contributed by atoms with E-state index in [1.165, 1.54) is 0 Å². The molecule has 1 saturated heterocycles. The molecule has 1 heterocycles. The maximum atomic E-state index is 12.5. The van der Waals surface area contributed by atoms with Gasteiger partial charge in [0.1, 0.15) is 0 Å². The highest BCUT2D eigenvalue weighted by atomic mass is 35.5. The van der Waals surface area contributed by atoms with Gasteiger partial charge in [0.2, 0.25) is 11.8 Å². The van der Waals surface area contributed by atoms with Gasteiger partial charge in [-0.05, 0) is 30.2 Å².